The van der Waals surface area contributed by atoms with Crippen LogP contribution in [0.5, 0.6) is 0 Å². The van der Waals surface area contributed by atoms with Crippen LogP contribution in [0.4, 0.5) is 5.69 Å². The predicted molar refractivity (Wildman–Crippen MR) is 87.8 cm³/mol. The standard InChI is InChI=1S/C16H27ClN2O/c1-4-9-18-13-14-7-8-15(12-16(14)17)19(5-2)10-11-20-6-3/h7-8,12,18H,4-6,9-11,13H2,1-3H3. The van der Waals surface area contributed by atoms with Crippen LogP contribution in [0.3, 0.4) is 0 Å². The molecule has 0 spiro atoms. The Morgan fingerprint density at radius 3 is 2.65 bits per heavy atom. The van der Waals surface area contributed by atoms with Crippen LogP contribution >= 0.6 is 11.6 Å². The van der Waals surface area contributed by atoms with E-state index >= 15 is 0 Å². The van der Waals surface area contributed by atoms with E-state index in [1.54, 1.807) is 0 Å². The molecule has 0 saturated heterocycles. The van der Waals surface area contributed by atoms with Crippen molar-refractivity contribution in [2.24, 2.45) is 0 Å². The summed E-state index contributed by atoms with van der Waals surface area (Å²) < 4.78 is 5.42. The van der Waals surface area contributed by atoms with Gasteiger partial charge in [0.15, 0.2) is 0 Å². The Morgan fingerprint density at radius 2 is 2.05 bits per heavy atom. The first kappa shape index (κ1) is 17.3. The lowest BCUT2D eigenvalue weighted by atomic mass is 10.2. The third-order valence-electron chi connectivity index (χ3n) is 3.24. The fourth-order valence-electron chi connectivity index (χ4n) is 2.06. The molecule has 0 saturated carbocycles. The summed E-state index contributed by atoms with van der Waals surface area (Å²) in [5, 5.41) is 4.21. The van der Waals surface area contributed by atoms with E-state index in [0.29, 0.717) is 0 Å². The summed E-state index contributed by atoms with van der Waals surface area (Å²) in [6.45, 7) is 11.6. The zero-order valence-electron chi connectivity index (χ0n) is 12.9. The molecule has 1 aromatic carbocycles. The summed E-state index contributed by atoms with van der Waals surface area (Å²) in [7, 11) is 0. The van der Waals surface area contributed by atoms with Crippen LogP contribution in [0.2, 0.25) is 5.02 Å². The fraction of sp³-hybridized carbons (Fsp3) is 0.625. The third kappa shape index (κ3) is 5.70. The van der Waals surface area contributed by atoms with Gasteiger partial charge in [-0.15, -0.1) is 0 Å². The van der Waals surface area contributed by atoms with E-state index in [1.807, 2.05) is 6.92 Å². The highest BCUT2D eigenvalue weighted by Gasteiger charge is 2.07. The Morgan fingerprint density at radius 1 is 1.25 bits per heavy atom. The highest BCUT2D eigenvalue weighted by molar-refractivity contribution is 6.31. The minimum atomic E-state index is 0.752. The van der Waals surface area contributed by atoms with Crippen molar-refractivity contribution < 1.29 is 4.74 Å². The quantitative estimate of drug-likeness (QED) is 0.667. The number of anilines is 1. The highest BCUT2D eigenvalue weighted by Crippen LogP contribution is 2.23. The van der Waals surface area contributed by atoms with Crippen LogP contribution in [0, 0.1) is 0 Å². The van der Waals surface area contributed by atoms with Gasteiger partial charge in [-0.3, -0.25) is 0 Å². The lowest BCUT2D eigenvalue weighted by Gasteiger charge is -2.23. The van der Waals surface area contributed by atoms with Gasteiger partial charge in [-0.05, 0) is 44.5 Å². The molecular weight excluding hydrogens is 272 g/mol. The molecule has 1 N–H and O–H groups in total. The van der Waals surface area contributed by atoms with Crippen molar-refractivity contribution in [3.8, 4) is 0 Å². The van der Waals surface area contributed by atoms with E-state index in [2.05, 4.69) is 42.3 Å². The Bertz CT molecular complexity index is 385. The van der Waals surface area contributed by atoms with Crippen molar-refractivity contribution in [3.63, 3.8) is 0 Å². The van der Waals surface area contributed by atoms with Crippen LogP contribution in [0.25, 0.3) is 0 Å². The van der Waals surface area contributed by atoms with Crippen molar-refractivity contribution in [2.45, 2.75) is 33.7 Å². The second-order valence-electron chi connectivity index (χ2n) is 4.73. The maximum absolute atomic E-state index is 6.37. The predicted octanol–water partition coefficient (Wildman–Crippen LogP) is 3.70. The zero-order chi connectivity index (χ0) is 14.8. The molecule has 0 heterocycles. The SMILES string of the molecule is CCCNCc1ccc(N(CC)CCOCC)cc1Cl. The topological polar surface area (TPSA) is 24.5 Å². The molecule has 1 aromatic rings. The Balaban J connectivity index is 2.63. The van der Waals surface area contributed by atoms with Crippen LogP contribution < -0.4 is 10.2 Å². The second-order valence-corrected chi connectivity index (χ2v) is 5.14. The van der Waals surface area contributed by atoms with Crippen LogP contribution in [-0.2, 0) is 11.3 Å². The maximum atomic E-state index is 6.37. The largest absolute Gasteiger partial charge is 0.380 e. The molecular formula is C16H27ClN2O. The Hall–Kier alpha value is -0.770. The van der Waals surface area contributed by atoms with E-state index in [1.165, 1.54) is 0 Å². The number of rotatable bonds is 10. The summed E-state index contributed by atoms with van der Waals surface area (Å²) in [5.41, 5.74) is 2.32. The normalized spacial score (nSPS) is 10.8. The summed E-state index contributed by atoms with van der Waals surface area (Å²) in [6.07, 6.45) is 1.14. The highest BCUT2D eigenvalue weighted by atomic mass is 35.5. The molecule has 0 aliphatic rings. The molecule has 114 valence electrons. The van der Waals surface area contributed by atoms with Gasteiger partial charge in [-0.2, -0.15) is 0 Å². The molecule has 0 aliphatic heterocycles. The van der Waals surface area contributed by atoms with E-state index in [9.17, 15) is 0 Å². The molecule has 0 fully saturated rings. The number of hydrogen-bond donors (Lipinski definition) is 1. The molecule has 4 heteroatoms. The van der Waals surface area contributed by atoms with Gasteiger partial charge >= 0.3 is 0 Å². The van der Waals surface area contributed by atoms with Gasteiger partial charge in [-0.1, -0.05) is 24.6 Å². The van der Waals surface area contributed by atoms with Crippen LogP contribution in [-0.4, -0.2) is 32.8 Å². The number of benzene rings is 1. The summed E-state index contributed by atoms with van der Waals surface area (Å²) in [5.74, 6) is 0. The van der Waals surface area contributed by atoms with Crippen LogP contribution in [0.15, 0.2) is 18.2 Å². The number of hydrogen-bond acceptors (Lipinski definition) is 3. The summed E-state index contributed by atoms with van der Waals surface area (Å²) >= 11 is 6.37. The second kappa shape index (κ2) is 10.0. The lowest BCUT2D eigenvalue weighted by Crippen LogP contribution is -2.27. The minimum absolute atomic E-state index is 0.752. The maximum Gasteiger partial charge on any atom is 0.0641 e. The molecule has 0 unspecified atom stereocenters. The Kier molecular flexibility index (Phi) is 8.67. The van der Waals surface area contributed by atoms with Gasteiger partial charge in [-0.25, -0.2) is 0 Å². The first-order valence-electron chi connectivity index (χ1n) is 7.54. The van der Waals surface area contributed by atoms with Crippen molar-refractivity contribution in [3.05, 3.63) is 28.8 Å². The van der Waals surface area contributed by atoms with Gasteiger partial charge in [0.2, 0.25) is 0 Å². The number of likely N-dealkylation sites (N-methyl/N-ethyl adjacent to an activating group) is 1. The van der Waals surface area contributed by atoms with Gasteiger partial charge < -0.3 is 15.0 Å². The van der Waals surface area contributed by atoms with E-state index in [-0.39, 0.29) is 0 Å². The van der Waals surface area contributed by atoms with Gasteiger partial charge in [0.1, 0.15) is 0 Å². The molecule has 0 amide bonds. The molecule has 0 aromatic heterocycles. The van der Waals surface area contributed by atoms with Crippen molar-refractivity contribution >= 4 is 17.3 Å². The smallest absolute Gasteiger partial charge is 0.0641 e. The van der Waals surface area contributed by atoms with Crippen LogP contribution in [0.1, 0.15) is 32.8 Å². The third-order valence-corrected chi connectivity index (χ3v) is 3.59. The van der Waals surface area contributed by atoms with Gasteiger partial charge in [0.05, 0.1) is 6.61 Å². The molecule has 0 radical (unpaired) electrons. The van der Waals surface area contributed by atoms with Gasteiger partial charge in [0.25, 0.3) is 0 Å². The number of ether oxygens (including phenoxy) is 1. The molecule has 3 nitrogen and oxygen atoms in total. The molecule has 1 rings (SSSR count). The lowest BCUT2D eigenvalue weighted by molar-refractivity contribution is 0.154. The van der Waals surface area contributed by atoms with Crippen molar-refractivity contribution in [2.75, 3.05) is 37.7 Å². The fourth-order valence-corrected chi connectivity index (χ4v) is 2.31. The first-order valence-corrected chi connectivity index (χ1v) is 7.92. The summed E-state index contributed by atoms with van der Waals surface area (Å²) in [6, 6.07) is 6.31. The number of nitrogens with zero attached hydrogens (tertiary/aromatic N) is 1. The monoisotopic (exact) mass is 298 g/mol. The molecule has 0 atom stereocenters. The number of nitrogens with one attached hydrogen (secondary N) is 1. The minimum Gasteiger partial charge on any atom is -0.380 e. The van der Waals surface area contributed by atoms with Gasteiger partial charge in [0, 0.05) is 37.0 Å². The van der Waals surface area contributed by atoms with E-state index in [4.69, 9.17) is 16.3 Å². The zero-order valence-corrected chi connectivity index (χ0v) is 13.7. The number of halogens is 1. The molecule has 0 bridgehead atoms. The molecule has 20 heavy (non-hydrogen) atoms. The van der Waals surface area contributed by atoms with E-state index in [0.717, 1.165) is 62.1 Å². The summed E-state index contributed by atoms with van der Waals surface area (Å²) in [4.78, 5) is 2.28. The Labute approximate surface area is 128 Å². The van der Waals surface area contributed by atoms with E-state index < -0.39 is 0 Å². The average Bonchev–Trinajstić information content (AvgIpc) is 2.46. The van der Waals surface area contributed by atoms with Crippen molar-refractivity contribution in [1.82, 2.24) is 5.32 Å². The van der Waals surface area contributed by atoms with Crippen molar-refractivity contribution in [1.29, 1.82) is 0 Å². The molecule has 0 aliphatic carbocycles. The average molecular weight is 299 g/mol. The first-order chi connectivity index (χ1) is 9.72.